The molecule has 0 aromatic rings. The Morgan fingerprint density at radius 3 is 2.89 bits per heavy atom. The molecule has 1 aliphatic rings. The van der Waals surface area contributed by atoms with Crippen LogP contribution in [0.5, 0.6) is 0 Å². The van der Waals surface area contributed by atoms with Crippen LogP contribution in [0.3, 0.4) is 0 Å². The normalized spacial score (nSPS) is 23.3. The number of guanidine groups is 1. The molecule has 5 N–H and O–H groups in total. The lowest BCUT2D eigenvalue weighted by Gasteiger charge is -2.02. The molecular formula is C4H8N4S. The van der Waals surface area contributed by atoms with E-state index in [0.29, 0.717) is 0 Å². The van der Waals surface area contributed by atoms with E-state index >= 15 is 0 Å². The molecule has 0 amide bonds. The Morgan fingerprint density at radius 2 is 2.44 bits per heavy atom. The number of rotatable bonds is 1. The Balaban J connectivity index is 2.38. The van der Waals surface area contributed by atoms with Gasteiger partial charge in [0.1, 0.15) is 0 Å². The third kappa shape index (κ3) is 1.85. The number of nitrogens with one attached hydrogen (secondary N) is 1. The Labute approximate surface area is 57.4 Å². The molecule has 1 unspecified atom stereocenters. The first kappa shape index (κ1) is 6.28. The molecule has 0 saturated carbocycles. The zero-order valence-corrected chi connectivity index (χ0v) is 5.56. The minimum absolute atomic E-state index is 0.0185. The van der Waals surface area contributed by atoms with Gasteiger partial charge in [0.15, 0.2) is 11.5 Å². The van der Waals surface area contributed by atoms with E-state index in [4.69, 9.17) is 11.5 Å². The number of thioether (sulfide) groups is 1. The summed E-state index contributed by atoms with van der Waals surface area (Å²) in [6.07, 6.45) is 1.81. The molecule has 0 bridgehead atoms. The number of nitrogens with zero attached hydrogens (tertiary/aromatic N) is 1. The summed E-state index contributed by atoms with van der Waals surface area (Å²) >= 11 is 1.53. The van der Waals surface area contributed by atoms with Gasteiger partial charge in [0.25, 0.3) is 0 Å². The second-order valence-electron chi connectivity index (χ2n) is 1.51. The summed E-state index contributed by atoms with van der Waals surface area (Å²) in [5.41, 5.74) is 10.2. The molecule has 4 nitrogen and oxygen atoms in total. The van der Waals surface area contributed by atoms with Crippen molar-refractivity contribution in [1.82, 2.24) is 5.32 Å². The van der Waals surface area contributed by atoms with Crippen LogP contribution in [0, 0.1) is 0 Å². The van der Waals surface area contributed by atoms with Crippen LogP contribution >= 0.6 is 11.8 Å². The largest absolute Gasteiger partial charge is 0.370 e. The average Bonchev–Trinajstić information content (AvgIpc) is 2.15. The fourth-order valence-electron chi connectivity index (χ4n) is 0.478. The third-order valence-electron chi connectivity index (χ3n) is 0.781. The average molecular weight is 144 g/mol. The van der Waals surface area contributed by atoms with Crippen molar-refractivity contribution in [3.8, 4) is 0 Å². The second kappa shape index (κ2) is 2.63. The first-order chi connectivity index (χ1) is 4.29. The van der Waals surface area contributed by atoms with E-state index in [1.165, 1.54) is 11.8 Å². The van der Waals surface area contributed by atoms with Gasteiger partial charge in [-0.2, -0.15) is 0 Å². The van der Waals surface area contributed by atoms with E-state index in [9.17, 15) is 0 Å². The Morgan fingerprint density at radius 1 is 1.67 bits per heavy atom. The van der Waals surface area contributed by atoms with Gasteiger partial charge in [-0.15, -0.1) is 0 Å². The summed E-state index contributed by atoms with van der Waals surface area (Å²) in [4.78, 5) is 3.84. The van der Waals surface area contributed by atoms with E-state index in [1.807, 2.05) is 11.6 Å². The quantitative estimate of drug-likeness (QED) is 0.337. The summed E-state index contributed by atoms with van der Waals surface area (Å²) in [7, 11) is 0. The number of hydrogen-bond acceptors (Lipinski definition) is 3. The van der Waals surface area contributed by atoms with E-state index in [1.54, 1.807) is 0 Å². The van der Waals surface area contributed by atoms with Crippen molar-refractivity contribution in [1.29, 1.82) is 0 Å². The van der Waals surface area contributed by atoms with Crippen LogP contribution in [-0.4, -0.2) is 11.5 Å². The van der Waals surface area contributed by atoms with Gasteiger partial charge in [0.2, 0.25) is 0 Å². The van der Waals surface area contributed by atoms with Crippen LogP contribution in [-0.2, 0) is 0 Å². The van der Waals surface area contributed by atoms with Crippen molar-refractivity contribution in [2.45, 2.75) is 5.50 Å². The second-order valence-corrected chi connectivity index (χ2v) is 2.50. The third-order valence-corrected chi connectivity index (χ3v) is 1.57. The van der Waals surface area contributed by atoms with Gasteiger partial charge in [-0.3, -0.25) is 0 Å². The van der Waals surface area contributed by atoms with Crippen molar-refractivity contribution >= 4 is 17.7 Å². The molecule has 1 rings (SSSR count). The predicted octanol–water partition coefficient (Wildman–Crippen LogP) is -0.649. The molecule has 0 radical (unpaired) electrons. The fourth-order valence-corrected chi connectivity index (χ4v) is 1.12. The highest BCUT2D eigenvalue weighted by molar-refractivity contribution is 8.02. The molecule has 0 aliphatic carbocycles. The molecule has 0 saturated heterocycles. The fraction of sp³-hybridized carbons (Fsp3) is 0.250. The molecule has 5 heteroatoms. The minimum Gasteiger partial charge on any atom is -0.370 e. The summed E-state index contributed by atoms with van der Waals surface area (Å²) < 4.78 is 0. The van der Waals surface area contributed by atoms with Crippen molar-refractivity contribution in [2.75, 3.05) is 0 Å². The molecule has 0 fully saturated rings. The van der Waals surface area contributed by atoms with Gasteiger partial charge in [0, 0.05) is 6.20 Å². The van der Waals surface area contributed by atoms with E-state index in [-0.39, 0.29) is 11.5 Å². The SMILES string of the molecule is NC(N)=NC1NC=CS1. The summed E-state index contributed by atoms with van der Waals surface area (Å²) in [6, 6.07) is 0. The maximum Gasteiger partial charge on any atom is 0.188 e. The minimum atomic E-state index is -0.0185. The molecule has 9 heavy (non-hydrogen) atoms. The molecule has 0 spiro atoms. The van der Waals surface area contributed by atoms with Crippen molar-refractivity contribution in [3.63, 3.8) is 0 Å². The van der Waals surface area contributed by atoms with E-state index < -0.39 is 0 Å². The van der Waals surface area contributed by atoms with Crippen molar-refractivity contribution < 1.29 is 0 Å². The van der Waals surface area contributed by atoms with Gasteiger partial charge >= 0.3 is 0 Å². The summed E-state index contributed by atoms with van der Waals surface area (Å²) in [5.74, 6) is 0.115. The van der Waals surface area contributed by atoms with E-state index in [2.05, 4.69) is 10.3 Å². The van der Waals surface area contributed by atoms with Crippen LogP contribution in [0.15, 0.2) is 16.6 Å². The number of nitrogens with two attached hydrogens (primary N) is 2. The molecular weight excluding hydrogens is 136 g/mol. The predicted molar refractivity (Wildman–Crippen MR) is 39.5 cm³/mol. The van der Waals surface area contributed by atoms with Gasteiger partial charge in [0.05, 0.1) is 0 Å². The highest BCUT2D eigenvalue weighted by Crippen LogP contribution is 2.15. The van der Waals surface area contributed by atoms with Crippen LogP contribution in [0.2, 0.25) is 0 Å². The molecule has 0 aromatic carbocycles. The Bertz CT molecular complexity index is 141. The monoisotopic (exact) mass is 144 g/mol. The van der Waals surface area contributed by atoms with Crippen LogP contribution in [0.1, 0.15) is 0 Å². The molecule has 0 aromatic heterocycles. The zero-order chi connectivity index (χ0) is 6.69. The smallest absolute Gasteiger partial charge is 0.188 e. The van der Waals surface area contributed by atoms with E-state index in [0.717, 1.165) is 0 Å². The highest BCUT2D eigenvalue weighted by atomic mass is 32.2. The highest BCUT2D eigenvalue weighted by Gasteiger charge is 2.05. The molecule has 50 valence electrons. The maximum atomic E-state index is 5.12. The zero-order valence-electron chi connectivity index (χ0n) is 4.74. The number of hydrogen-bond donors (Lipinski definition) is 3. The van der Waals surface area contributed by atoms with Gasteiger partial charge in [-0.05, 0) is 5.41 Å². The molecule has 1 aliphatic heterocycles. The van der Waals surface area contributed by atoms with Gasteiger partial charge in [-0.1, -0.05) is 11.8 Å². The van der Waals surface area contributed by atoms with Gasteiger partial charge in [-0.25, -0.2) is 4.99 Å². The molecule has 1 atom stereocenters. The molecule has 1 heterocycles. The van der Waals surface area contributed by atoms with Gasteiger partial charge < -0.3 is 16.8 Å². The van der Waals surface area contributed by atoms with Crippen LogP contribution < -0.4 is 16.8 Å². The first-order valence-electron chi connectivity index (χ1n) is 2.44. The van der Waals surface area contributed by atoms with Crippen LogP contribution in [0.4, 0.5) is 0 Å². The Hall–Kier alpha value is -0.840. The Kier molecular flexibility index (Phi) is 1.84. The lowest BCUT2D eigenvalue weighted by Crippen LogP contribution is -2.27. The lowest BCUT2D eigenvalue weighted by atomic mass is 10.9. The maximum absolute atomic E-state index is 5.12. The summed E-state index contributed by atoms with van der Waals surface area (Å²) in [6.45, 7) is 0. The lowest BCUT2D eigenvalue weighted by molar-refractivity contribution is 0.835. The first-order valence-corrected chi connectivity index (χ1v) is 3.38. The van der Waals surface area contributed by atoms with Crippen molar-refractivity contribution in [3.05, 3.63) is 11.6 Å². The number of aliphatic imine (C=N–C) groups is 1. The topological polar surface area (TPSA) is 76.4 Å². The summed E-state index contributed by atoms with van der Waals surface area (Å²) in [5, 5.41) is 4.82. The standard InChI is InChI=1S/C4H8N4S/c5-3(6)8-4-7-1-2-9-4/h1-2,4,7H,(H4,5,6,8). The van der Waals surface area contributed by atoms with Crippen molar-refractivity contribution in [2.24, 2.45) is 16.5 Å². The van der Waals surface area contributed by atoms with Crippen LogP contribution in [0.25, 0.3) is 0 Å².